The van der Waals surface area contributed by atoms with Crippen molar-refractivity contribution in [1.82, 2.24) is 29.0 Å². The highest BCUT2D eigenvalue weighted by Gasteiger charge is 2.37. The van der Waals surface area contributed by atoms with Gasteiger partial charge in [-0.05, 0) is 41.5 Å². The largest absolute Gasteiger partial charge is 0.482 e. The Bertz CT molecular complexity index is 1520. The van der Waals surface area contributed by atoms with Crippen molar-refractivity contribution in [3.63, 3.8) is 0 Å². The Morgan fingerprint density at radius 3 is 2.67 bits per heavy atom. The molecule has 5 heterocycles. The van der Waals surface area contributed by atoms with Gasteiger partial charge >= 0.3 is 5.69 Å². The van der Waals surface area contributed by atoms with Crippen LogP contribution in [0.4, 0.5) is 10.2 Å². The number of aromatic nitrogens is 5. The summed E-state index contributed by atoms with van der Waals surface area (Å²) in [5.74, 6) is 0.889. The summed E-state index contributed by atoms with van der Waals surface area (Å²) in [7, 11) is 1.68. The average molecular weight is 539 g/mol. The first-order valence-electron chi connectivity index (χ1n) is 13.3. The molecule has 11 nitrogen and oxygen atoms in total. The minimum absolute atomic E-state index is 0.0263. The van der Waals surface area contributed by atoms with Crippen LogP contribution >= 0.6 is 0 Å². The minimum Gasteiger partial charge on any atom is -0.482 e. The van der Waals surface area contributed by atoms with Crippen molar-refractivity contribution in [2.75, 3.05) is 24.6 Å². The lowest BCUT2D eigenvalue weighted by Gasteiger charge is -2.47. The van der Waals surface area contributed by atoms with Crippen molar-refractivity contribution in [3.8, 4) is 17.7 Å². The van der Waals surface area contributed by atoms with E-state index in [1.807, 2.05) is 32.3 Å². The van der Waals surface area contributed by atoms with Crippen LogP contribution in [0.5, 0.6) is 11.6 Å². The van der Waals surface area contributed by atoms with Crippen LogP contribution in [0.2, 0.25) is 0 Å². The molecule has 2 aliphatic rings. The molecular weight excluding hydrogens is 503 g/mol. The number of hydrogen-bond acceptors (Lipinski definition) is 9. The van der Waals surface area contributed by atoms with Crippen LogP contribution in [-0.4, -0.2) is 66.4 Å². The summed E-state index contributed by atoms with van der Waals surface area (Å²) in [5, 5.41) is 9.32. The molecule has 0 spiro atoms. The molecule has 208 valence electrons. The zero-order valence-electron chi connectivity index (χ0n) is 23.5. The Morgan fingerprint density at radius 1 is 1.23 bits per heavy atom. The summed E-state index contributed by atoms with van der Waals surface area (Å²) < 4.78 is 29.9. The predicted octanol–water partition coefficient (Wildman–Crippen LogP) is 2.96. The number of rotatable bonds is 5. The van der Waals surface area contributed by atoms with E-state index < -0.39 is 11.4 Å². The van der Waals surface area contributed by atoms with Gasteiger partial charge in [0.2, 0.25) is 5.75 Å². The summed E-state index contributed by atoms with van der Waals surface area (Å²) in [6, 6.07) is 3.39. The standard InChI is InChI=1S/C27H35FN8O3/c1-8-34-20(9-10-29)31-21-23(32-26(37)33(7)25(21)34)36-13-15(2)35(12-16(36)3)17(4)19-11-18(28)22-24(30-19)39-27(5,6)14-38-22/h11,15-17H,8-9,12-14H2,1-7H3/t15-,16+,17?/m1/s1. The molecule has 2 aliphatic heterocycles. The molecule has 0 bridgehead atoms. The number of nitriles is 1. The number of aryl methyl sites for hydroxylation is 2. The van der Waals surface area contributed by atoms with Gasteiger partial charge in [-0.15, -0.1) is 0 Å². The summed E-state index contributed by atoms with van der Waals surface area (Å²) in [6.45, 7) is 13.9. The number of nitrogens with zero attached hydrogens (tertiary/aromatic N) is 8. The highest BCUT2D eigenvalue weighted by molar-refractivity contribution is 5.84. The van der Waals surface area contributed by atoms with E-state index in [1.165, 1.54) is 10.6 Å². The fourth-order valence-corrected chi connectivity index (χ4v) is 5.63. The quantitative estimate of drug-likeness (QED) is 0.484. The molecule has 0 aliphatic carbocycles. The second kappa shape index (κ2) is 9.79. The number of imidazole rings is 1. The third kappa shape index (κ3) is 4.58. The van der Waals surface area contributed by atoms with Crippen LogP contribution in [0.1, 0.15) is 59.1 Å². The van der Waals surface area contributed by atoms with Crippen LogP contribution in [0.15, 0.2) is 10.9 Å². The number of fused-ring (bicyclic) bond motifs is 2. The number of hydrogen-bond donors (Lipinski definition) is 0. The normalized spacial score (nSPS) is 21.7. The SMILES string of the molecule is CCn1c(CC#N)nc2c(N3C[C@@H](C)N(C(C)c4cc(F)c5c(n4)OC(C)(C)CO5)C[C@@H]3C)nc(=O)n(C)c21. The second-order valence-electron chi connectivity index (χ2n) is 11.1. The van der Waals surface area contributed by atoms with Crippen molar-refractivity contribution < 1.29 is 13.9 Å². The molecule has 3 atom stereocenters. The highest BCUT2D eigenvalue weighted by atomic mass is 19.1. The number of piperazine rings is 1. The summed E-state index contributed by atoms with van der Waals surface area (Å²) >= 11 is 0. The Labute approximate surface area is 226 Å². The smallest absolute Gasteiger partial charge is 0.350 e. The molecule has 0 saturated carbocycles. The Balaban J connectivity index is 1.47. The van der Waals surface area contributed by atoms with Crippen molar-refractivity contribution in [2.45, 2.75) is 78.2 Å². The van der Waals surface area contributed by atoms with E-state index in [0.717, 1.165) is 0 Å². The topological polar surface area (TPSA) is 114 Å². The van der Waals surface area contributed by atoms with E-state index in [1.54, 1.807) is 7.05 Å². The molecule has 1 saturated heterocycles. The van der Waals surface area contributed by atoms with E-state index in [0.29, 0.717) is 48.1 Å². The Morgan fingerprint density at radius 2 is 1.97 bits per heavy atom. The highest BCUT2D eigenvalue weighted by Crippen LogP contribution is 2.39. The van der Waals surface area contributed by atoms with E-state index in [9.17, 15) is 14.4 Å². The number of anilines is 1. The minimum atomic E-state index is -0.593. The van der Waals surface area contributed by atoms with Gasteiger partial charge in [0.15, 0.2) is 11.6 Å². The zero-order valence-corrected chi connectivity index (χ0v) is 23.5. The molecule has 12 heteroatoms. The average Bonchev–Trinajstić information content (AvgIpc) is 3.24. The molecule has 0 N–H and O–H groups in total. The molecule has 39 heavy (non-hydrogen) atoms. The van der Waals surface area contributed by atoms with E-state index >= 15 is 0 Å². The third-order valence-corrected chi connectivity index (χ3v) is 7.68. The fourth-order valence-electron chi connectivity index (χ4n) is 5.63. The van der Waals surface area contributed by atoms with E-state index in [2.05, 4.69) is 39.7 Å². The number of ether oxygens (including phenoxy) is 2. The lowest BCUT2D eigenvalue weighted by Crippen LogP contribution is -2.57. The van der Waals surface area contributed by atoms with Crippen molar-refractivity contribution in [2.24, 2.45) is 7.05 Å². The molecule has 1 unspecified atom stereocenters. The van der Waals surface area contributed by atoms with Gasteiger partial charge in [0, 0.05) is 50.9 Å². The molecule has 0 radical (unpaired) electrons. The van der Waals surface area contributed by atoms with Gasteiger partial charge in [-0.2, -0.15) is 10.2 Å². The van der Waals surface area contributed by atoms with Crippen LogP contribution in [0, 0.1) is 17.1 Å². The first-order valence-corrected chi connectivity index (χ1v) is 13.3. The molecule has 0 aromatic carbocycles. The van der Waals surface area contributed by atoms with Gasteiger partial charge < -0.3 is 18.9 Å². The number of halogens is 1. The van der Waals surface area contributed by atoms with Crippen LogP contribution in [0.25, 0.3) is 11.2 Å². The van der Waals surface area contributed by atoms with Gasteiger partial charge in [0.05, 0.1) is 18.2 Å². The van der Waals surface area contributed by atoms with Crippen LogP contribution in [-0.2, 0) is 20.0 Å². The maximum atomic E-state index is 15.0. The molecule has 3 aromatic rings. The predicted molar refractivity (Wildman–Crippen MR) is 144 cm³/mol. The van der Waals surface area contributed by atoms with Crippen molar-refractivity contribution in [1.29, 1.82) is 5.26 Å². The summed E-state index contributed by atoms with van der Waals surface area (Å²) in [4.78, 5) is 31.1. The molecule has 0 amide bonds. The monoisotopic (exact) mass is 538 g/mol. The Kier molecular flexibility index (Phi) is 6.74. The van der Waals surface area contributed by atoms with Gasteiger partial charge in [-0.3, -0.25) is 9.47 Å². The van der Waals surface area contributed by atoms with Crippen molar-refractivity contribution >= 4 is 17.0 Å². The van der Waals surface area contributed by atoms with Crippen molar-refractivity contribution in [3.05, 3.63) is 33.9 Å². The van der Waals surface area contributed by atoms with E-state index in [-0.39, 0.29) is 48.5 Å². The molecule has 5 rings (SSSR count). The summed E-state index contributed by atoms with van der Waals surface area (Å²) in [5.41, 5.74) is 0.877. The zero-order chi connectivity index (χ0) is 28.2. The molecule has 1 fully saturated rings. The number of pyridine rings is 1. The third-order valence-electron chi connectivity index (χ3n) is 7.68. The maximum Gasteiger partial charge on any atom is 0.350 e. The fraction of sp³-hybridized carbons (Fsp3) is 0.593. The van der Waals surface area contributed by atoms with E-state index in [4.69, 9.17) is 14.5 Å². The second-order valence-corrected chi connectivity index (χ2v) is 11.1. The van der Waals surface area contributed by atoms with Crippen LogP contribution in [0.3, 0.4) is 0 Å². The summed E-state index contributed by atoms with van der Waals surface area (Å²) in [6.07, 6.45) is 0.143. The van der Waals surface area contributed by atoms with Gasteiger partial charge in [0.1, 0.15) is 29.2 Å². The lowest BCUT2D eigenvalue weighted by molar-refractivity contribution is 0.0123. The molecular formula is C27H35FN8O3. The lowest BCUT2D eigenvalue weighted by atomic mass is 10.0. The van der Waals surface area contributed by atoms with Gasteiger partial charge in [-0.25, -0.2) is 19.2 Å². The first-order chi connectivity index (χ1) is 18.5. The first kappa shape index (κ1) is 26.9. The van der Waals surface area contributed by atoms with Gasteiger partial charge in [-0.1, -0.05) is 0 Å². The molecule has 3 aromatic heterocycles. The van der Waals surface area contributed by atoms with Gasteiger partial charge in [0.25, 0.3) is 5.88 Å². The maximum absolute atomic E-state index is 15.0. The van der Waals surface area contributed by atoms with Crippen LogP contribution < -0.4 is 20.1 Å². The Hall–Kier alpha value is -3.72.